The van der Waals surface area contributed by atoms with Gasteiger partial charge < -0.3 is 14.0 Å². The molecule has 0 N–H and O–H groups in total. The topological polar surface area (TPSA) is 78.9 Å². The van der Waals surface area contributed by atoms with Crippen LogP contribution in [0.25, 0.3) is 11.3 Å². The molecule has 0 bridgehead atoms. The Bertz CT molecular complexity index is 1370. The van der Waals surface area contributed by atoms with Crippen LogP contribution in [0.5, 0.6) is 11.5 Å². The number of aromatic nitrogens is 1. The minimum Gasteiger partial charge on any atom is -0.454 e. The average Bonchev–Trinajstić information content (AvgIpc) is 3.42. The second-order valence-corrected chi connectivity index (χ2v) is 8.27. The summed E-state index contributed by atoms with van der Waals surface area (Å²) in [6, 6.07) is 20.5. The van der Waals surface area contributed by atoms with Crippen molar-refractivity contribution in [3.05, 3.63) is 98.2 Å². The highest BCUT2D eigenvalue weighted by molar-refractivity contribution is 7.07. The summed E-state index contributed by atoms with van der Waals surface area (Å²) in [5.74, 6) is 1.44. The molecule has 1 aromatic heterocycles. The molecule has 0 radical (unpaired) electrons. The number of non-ortho nitro benzene ring substituents is 1. The molecular formula is C24H19N3O4S. The van der Waals surface area contributed by atoms with Crippen LogP contribution in [0.15, 0.2) is 77.1 Å². The smallest absolute Gasteiger partial charge is 0.270 e. The first-order valence-corrected chi connectivity index (χ1v) is 10.9. The van der Waals surface area contributed by atoms with Gasteiger partial charge in [0.05, 0.1) is 22.8 Å². The molecule has 3 aromatic carbocycles. The van der Waals surface area contributed by atoms with Crippen molar-refractivity contribution in [2.24, 2.45) is 4.99 Å². The van der Waals surface area contributed by atoms with E-state index in [1.807, 2.05) is 60.8 Å². The molecule has 0 fully saturated rings. The largest absolute Gasteiger partial charge is 0.454 e. The van der Waals surface area contributed by atoms with Crippen LogP contribution in [0.3, 0.4) is 0 Å². The third-order valence-electron chi connectivity index (χ3n) is 5.19. The van der Waals surface area contributed by atoms with Gasteiger partial charge in [-0.2, -0.15) is 0 Å². The van der Waals surface area contributed by atoms with Crippen LogP contribution in [0, 0.1) is 17.0 Å². The number of hydrogen-bond donors (Lipinski definition) is 0. The van der Waals surface area contributed by atoms with Gasteiger partial charge >= 0.3 is 0 Å². The van der Waals surface area contributed by atoms with Gasteiger partial charge in [-0.05, 0) is 36.8 Å². The van der Waals surface area contributed by atoms with Crippen molar-refractivity contribution in [2.75, 3.05) is 6.79 Å². The molecule has 0 atom stereocenters. The molecule has 1 aliphatic heterocycles. The van der Waals surface area contributed by atoms with Crippen molar-refractivity contribution in [1.29, 1.82) is 0 Å². The monoisotopic (exact) mass is 445 g/mol. The third kappa shape index (κ3) is 4.00. The van der Waals surface area contributed by atoms with E-state index in [1.54, 1.807) is 12.1 Å². The lowest BCUT2D eigenvalue weighted by atomic mass is 10.1. The Kier molecular flexibility index (Phi) is 5.20. The summed E-state index contributed by atoms with van der Waals surface area (Å²) in [7, 11) is 0. The minimum absolute atomic E-state index is 0.0559. The zero-order valence-electron chi connectivity index (χ0n) is 17.2. The van der Waals surface area contributed by atoms with E-state index < -0.39 is 0 Å². The standard InChI is InChI=1S/C24H19N3O4S/c1-16-5-8-19(9-6-16)25-24-26(13-17-7-10-22-23(11-17)31-15-30-22)21(14-32-24)18-3-2-4-20(12-18)27(28)29/h2-12,14H,13,15H2,1H3. The number of nitrogens with zero attached hydrogens (tertiary/aromatic N) is 3. The molecule has 5 rings (SSSR count). The Morgan fingerprint density at radius 3 is 2.69 bits per heavy atom. The van der Waals surface area contributed by atoms with Crippen LogP contribution >= 0.6 is 11.3 Å². The van der Waals surface area contributed by atoms with E-state index >= 15 is 0 Å². The number of nitro benzene ring substituents is 1. The number of rotatable bonds is 5. The van der Waals surface area contributed by atoms with Gasteiger partial charge in [0.25, 0.3) is 5.69 Å². The highest BCUT2D eigenvalue weighted by Crippen LogP contribution is 2.33. The highest BCUT2D eigenvalue weighted by Gasteiger charge is 2.16. The number of benzene rings is 3. The fourth-order valence-electron chi connectivity index (χ4n) is 3.53. The van der Waals surface area contributed by atoms with Crippen LogP contribution < -0.4 is 14.3 Å². The van der Waals surface area contributed by atoms with E-state index in [4.69, 9.17) is 14.5 Å². The van der Waals surface area contributed by atoms with Gasteiger partial charge in [0.2, 0.25) is 6.79 Å². The third-order valence-corrected chi connectivity index (χ3v) is 6.05. The Labute approximate surface area is 188 Å². The summed E-state index contributed by atoms with van der Waals surface area (Å²) < 4.78 is 13.0. The summed E-state index contributed by atoms with van der Waals surface area (Å²) in [5.41, 5.74) is 4.72. The van der Waals surface area contributed by atoms with Gasteiger partial charge in [-0.3, -0.25) is 10.1 Å². The first-order valence-electron chi connectivity index (χ1n) is 10.00. The second-order valence-electron chi connectivity index (χ2n) is 7.43. The maximum atomic E-state index is 11.3. The van der Waals surface area contributed by atoms with Crippen molar-refractivity contribution in [1.82, 2.24) is 4.57 Å². The molecule has 2 heterocycles. The predicted molar refractivity (Wildman–Crippen MR) is 122 cm³/mol. The number of thiazole rings is 1. The molecule has 0 saturated heterocycles. The molecule has 0 amide bonds. The van der Waals surface area contributed by atoms with Crippen LogP contribution in [-0.4, -0.2) is 16.3 Å². The van der Waals surface area contributed by atoms with Crippen molar-refractivity contribution in [3.8, 4) is 22.8 Å². The Balaban J connectivity index is 1.62. The van der Waals surface area contributed by atoms with Crippen LogP contribution in [-0.2, 0) is 6.54 Å². The number of hydrogen-bond acceptors (Lipinski definition) is 6. The van der Waals surface area contributed by atoms with Crippen molar-refractivity contribution < 1.29 is 14.4 Å². The zero-order chi connectivity index (χ0) is 22.1. The summed E-state index contributed by atoms with van der Waals surface area (Å²) >= 11 is 1.50. The fourth-order valence-corrected chi connectivity index (χ4v) is 4.46. The first-order chi connectivity index (χ1) is 15.6. The van der Waals surface area contributed by atoms with Gasteiger partial charge in [0.1, 0.15) is 0 Å². The van der Waals surface area contributed by atoms with Gasteiger partial charge in [-0.15, -0.1) is 11.3 Å². The Morgan fingerprint density at radius 2 is 1.88 bits per heavy atom. The molecule has 0 aliphatic carbocycles. The van der Waals surface area contributed by atoms with E-state index in [2.05, 4.69) is 4.57 Å². The fraction of sp³-hybridized carbons (Fsp3) is 0.125. The predicted octanol–water partition coefficient (Wildman–Crippen LogP) is 5.44. The summed E-state index contributed by atoms with van der Waals surface area (Å²) in [5, 5.41) is 13.3. The van der Waals surface area contributed by atoms with E-state index in [9.17, 15) is 10.1 Å². The molecule has 4 aromatic rings. The molecule has 7 nitrogen and oxygen atoms in total. The van der Waals surface area contributed by atoms with Crippen molar-refractivity contribution in [3.63, 3.8) is 0 Å². The van der Waals surface area contributed by atoms with E-state index in [0.29, 0.717) is 12.3 Å². The molecule has 160 valence electrons. The minimum atomic E-state index is -0.379. The van der Waals surface area contributed by atoms with Gasteiger partial charge in [0.15, 0.2) is 16.3 Å². The lowest BCUT2D eigenvalue weighted by molar-refractivity contribution is -0.384. The SMILES string of the molecule is Cc1ccc(N=c2scc(-c3cccc([N+](=O)[O-])c3)n2Cc2ccc3c(c2)OCO3)cc1. The Morgan fingerprint density at radius 1 is 1.06 bits per heavy atom. The summed E-state index contributed by atoms with van der Waals surface area (Å²) in [6.45, 7) is 2.79. The number of aryl methyl sites for hydroxylation is 1. The highest BCUT2D eigenvalue weighted by atomic mass is 32.1. The van der Waals surface area contributed by atoms with Crippen LogP contribution in [0.2, 0.25) is 0 Å². The number of nitro groups is 1. The quantitative estimate of drug-likeness (QED) is 0.303. The molecule has 8 heteroatoms. The van der Waals surface area contributed by atoms with Crippen LogP contribution in [0.1, 0.15) is 11.1 Å². The average molecular weight is 446 g/mol. The molecule has 0 saturated carbocycles. The molecule has 1 aliphatic rings. The second kappa shape index (κ2) is 8.32. The maximum absolute atomic E-state index is 11.3. The molecule has 0 unspecified atom stereocenters. The molecule has 0 spiro atoms. The zero-order valence-corrected chi connectivity index (χ0v) is 18.0. The van der Waals surface area contributed by atoms with E-state index in [-0.39, 0.29) is 17.4 Å². The van der Waals surface area contributed by atoms with E-state index in [1.165, 1.54) is 23.0 Å². The van der Waals surface area contributed by atoms with Crippen molar-refractivity contribution in [2.45, 2.75) is 13.5 Å². The molecular weight excluding hydrogens is 426 g/mol. The van der Waals surface area contributed by atoms with Gasteiger partial charge in [-0.1, -0.05) is 35.9 Å². The van der Waals surface area contributed by atoms with Crippen molar-refractivity contribution >= 4 is 22.7 Å². The molecule has 32 heavy (non-hydrogen) atoms. The summed E-state index contributed by atoms with van der Waals surface area (Å²) in [6.07, 6.45) is 0. The number of ether oxygens (including phenoxy) is 2. The lowest BCUT2D eigenvalue weighted by Crippen LogP contribution is -2.16. The van der Waals surface area contributed by atoms with Gasteiger partial charge in [0, 0.05) is 23.1 Å². The van der Waals surface area contributed by atoms with E-state index in [0.717, 1.165) is 33.1 Å². The van der Waals surface area contributed by atoms with Gasteiger partial charge in [-0.25, -0.2) is 4.99 Å². The summed E-state index contributed by atoms with van der Waals surface area (Å²) in [4.78, 5) is 16.6. The first kappa shape index (κ1) is 20.0. The maximum Gasteiger partial charge on any atom is 0.270 e. The lowest BCUT2D eigenvalue weighted by Gasteiger charge is -2.10. The Hall–Kier alpha value is -3.91. The number of fused-ring (bicyclic) bond motifs is 1. The normalized spacial score (nSPS) is 12.8. The van der Waals surface area contributed by atoms with Crippen LogP contribution in [0.4, 0.5) is 11.4 Å².